The molecule has 0 rings (SSSR count). The number of hydrogen-bond donors (Lipinski definition) is 2. The molecule has 0 spiro atoms. The molecule has 4 N–H and O–H groups in total. The second-order valence-electron chi connectivity index (χ2n) is 6.49. The lowest BCUT2D eigenvalue weighted by Crippen LogP contribution is -2.29. The van der Waals surface area contributed by atoms with E-state index < -0.39 is 0 Å². The van der Waals surface area contributed by atoms with Crippen molar-refractivity contribution in [3.8, 4) is 0 Å². The zero-order chi connectivity index (χ0) is 15.1. The lowest BCUT2D eigenvalue weighted by Gasteiger charge is -2.14. The first-order valence-electron chi connectivity index (χ1n) is 9.21. The van der Waals surface area contributed by atoms with E-state index in [0.717, 1.165) is 12.3 Å². The van der Waals surface area contributed by atoms with E-state index in [1.807, 2.05) is 0 Å². The molecule has 1 unspecified atom stereocenters. The third-order valence-corrected chi connectivity index (χ3v) is 4.44. The first-order valence-corrected chi connectivity index (χ1v) is 9.21. The second kappa shape index (κ2) is 15.3. The fourth-order valence-corrected chi connectivity index (χ4v) is 2.93. The quantitative estimate of drug-likeness (QED) is 0.315. The molecule has 20 heavy (non-hydrogen) atoms. The molecule has 0 amide bonds. The molecule has 1 atom stereocenters. The van der Waals surface area contributed by atoms with Crippen LogP contribution in [-0.2, 0) is 0 Å². The standard InChI is InChI=1S/C18H40N2/c1-3-5-6-7-8-9-11-14-17(4-2)15-12-10-13-16-18(19)20/h17-18H,3-16,19-20H2,1-2H3. The van der Waals surface area contributed by atoms with Crippen LogP contribution in [0.2, 0.25) is 0 Å². The van der Waals surface area contributed by atoms with Crippen LogP contribution >= 0.6 is 0 Å². The van der Waals surface area contributed by atoms with Gasteiger partial charge in [-0.1, -0.05) is 97.3 Å². The van der Waals surface area contributed by atoms with Gasteiger partial charge in [0, 0.05) is 0 Å². The van der Waals surface area contributed by atoms with Crippen molar-refractivity contribution in [2.45, 2.75) is 110 Å². The van der Waals surface area contributed by atoms with Gasteiger partial charge in [0.2, 0.25) is 0 Å². The number of nitrogens with two attached hydrogens (primary N) is 2. The Morgan fingerprint density at radius 1 is 0.600 bits per heavy atom. The minimum atomic E-state index is -0.107. The van der Waals surface area contributed by atoms with Gasteiger partial charge in [0.15, 0.2) is 0 Å². The average molecular weight is 285 g/mol. The molecule has 2 nitrogen and oxygen atoms in total. The lowest BCUT2D eigenvalue weighted by molar-refractivity contribution is 0.391. The molecule has 122 valence electrons. The second-order valence-corrected chi connectivity index (χ2v) is 6.49. The zero-order valence-electron chi connectivity index (χ0n) is 14.2. The van der Waals surface area contributed by atoms with E-state index in [2.05, 4.69) is 13.8 Å². The van der Waals surface area contributed by atoms with Crippen molar-refractivity contribution in [3.63, 3.8) is 0 Å². The fraction of sp³-hybridized carbons (Fsp3) is 1.00. The van der Waals surface area contributed by atoms with E-state index in [1.165, 1.54) is 83.5 Å². The van der Waals surface area contributed by atoms with E-state index in [0.29, 0.717) is 0 Å². The summed E-state index contributed by atoms with van der Waals surface area (Å²) in [5, 5.41) is 0. The van der Waals surface area contributed by atoms with Crippen molar-refractivity contribution < 1.29 is 0 Å². The van der Waals surface area contributed by atoms with Gasteiger partial charge in [0.05, 0.1) is 6.17 Å². The highest BCUT2D eigenvalue weighted by Crippen LogP contribution is 2.21. The Morgan fingerprint density at radius 3 is 1.55 bits per heavy atom. The maximum absolute atomic E-state index is 5.56. The smallest absolute Gasteiger partial charge is 0.0520 e. The fourth-order valence-electron chi connectivity index (χ4n) is 2.93. The Labute approximate surface area is 128 Å². The molecule has 0 aliphatic rings. The van der Waals surface area contributed by atoms with Gasteiger partial charge in [-0.25, -0.2) is 0 Å². The summed E-state index contributed by atoms with van der Waals surface area (Å²) in [6, 6.07) is 0. The molecule has 0 aliphatic heterocycles. The summed E-state index contributed by atoms with van der Waals surface area (Å²) in [5.74, 6) is 0.956. The summed E-state index contributed by atoms with van der Waals surface area (Å²) in [6.45, 7) is 4.63. The predicted octanol–water partition coefficient (Wildman–Crippen LogP) is 5.35. The Balaban J connectivity index is 3.34. The van der Waals surface area contributed by atoms with Gasteiger partial charge in [-0.15, -0.1) is 0 Å². The van der Waals surface area contributed by atoms with Crippen molar-refractivity contribution in [2.75, 3.05) is 0 Å². The monoisotopic (exact) mass is 284 g/mol. The average Bonchev–Trinajstić information content (AvgIpc) is 2.43. The van der Waals surface area contributed by atoms with E-state index in [4.69, 9.17) is 11.5 Å². The molecular weight excluding hydrogens is 244 g/mol. The highest BCUT2D eigenvalue weighted by Gasteiger charge is 2.06. The molecule has 0 bridgehead atoms. The third kappa shape index (κ3) is 14.3. The topological polar surface area (TPSA) is 52.0 Å². The molecule has 2 heteroatoms. The molecule has 0 saturated carbocycles. The van der Waals surface area contributed by atoms with Gasteiger partial charge in [0.1, 0.15) is 0 Å². The van der Waals surface area contributed by atoms with Crippen LogP contribution in [-0.4, -0.2) is 6.17 Å². The summed E-state index contributed by atoms with van der Waals surface area (Å²) >= 11 is 0. The highest BCUT2D eigenvalue weighted by atomic mass is 14.8. The summed E-state index contributed by atoms with van der Waals surface area (Å²) in [6.07, 6.45) is 19.0. The molecule has 0 saturated heterocycles. The Hall–Kier alpha value is -0.0800. The minimum Gasteiger partial charge on any atom is -0.316 e. The van der Waals surface area contributed by atoms with Crippen LogP contribution < -0.4 is 11.5 Å². The van der Waals surface area contributed by atoms with Gasteiger partial charge < -0.3 is 11.5 Å². The normalized spacial score (nSPS) is 13.1. The van der Waals surface area contributed by atoms with Crippen molar-refractivity contribution in [1.29, 1.82) is 0 Å². The van der Waals surface area contributed by atoms with E-state index >= 15 is 0 Å². The van der Waals surface area contributed by atoms with E-state index in [-0.39, 0.29) is 6.17 Å². The first kappa shape index (κ1) is 19.9. The minimum absolute atomic E-state index is 0.107. The van der Waals surface area contributed by atoms with Gasteiger partial charge in [-0.2, -0.15) is 0 Å². The van der Waals surface area contributed by atoms with Gasteiger partial charge in [0.25, 0.3) is 0 Å². The third-order valence-electron chi connectivity index (χ3n) is 4.44. The summed E-state index contributed by atoms with van der Waals surface area (Å²) in [4.78, 5) is 0. The molecule has 0 aliphatic carbocycles. The largest absolute Gasteiger partial charge is 0.316 e. The molecule has 0 radical (unpaired) electrons. The predicted molar refractivity (Wildman–Crippen MR) is 91.6 cm³/mol. The first-order chi connectivity index (χ1) is 9.70. The maximum Gasteiger partial charge on any atom is 0.0520 e. The lowest BCUT2D eigenvalue weighted by atomic mass is 9.92. The highest BCUT2D eigenvalue weighted by molar-refractivity contribution is 4.60. The van der Waals surface area contributed by atoms with Crippen LogP contribution in [0.15, 0.2) is 0 Å². The Bertz CT molecular complexity index is 180. The van der Waals surface area contributed by atoms with Crippen LogP contribution in [0.3, 0.4) is 0 Å². The van der Waals surface area contributed by atoms with Crippen LogP contribution in [0, 0.1) is 5.92 Å². The molecule has 0 aromatic carbocycles. The maximum atomic E-state index is 5.56. The van der Waals surface area contributed by atoms with Crippen LogP contribution in [0.5, 0.6) is 0 Å². The molecule has 0 aromatic rings. The summed E-state index contributed by atoms with van der Waals surface area (Å²) in [5.41, 5.74) is 11.1. The van der Waals surface area contributed by atoms with Crippen LogP contribution in [0.4, 0.5) is 0 Å². The van der Waals surface area contributed by atoms with Crippen LogP contribution in [0.25, 0.3) is 0 Å². The van der Waals surface area contributed by atoms with Crippen molar-refractivity contribution >= 4 is 0 Å². The molecule has 0 aromatic heterocycles. The van der Waals surface area contributed by atoms with Crippen LogP contribution in [0.1, 0.15) is 104 Å². The van der Waals surface area contributed by atoms with Crippen molar-refractivity contribution in [3.05, 3.63) is 0 Å². The van der Waals surface area contributed by atoms with Crippen molar-refractivity contribution in [1.82, 2.24) is 0 Å². The number of rotatable bonds is 15. The number of unbranched alkanes of at least 4 members (excludes halogenated alkanes) is 8. The number of hydrogen-bond acceptors (Lipinski definition) is 2. The molecule has 0 fully saturated rings. The van der Waals surface area contributed by atoms with E-state index in [1.54, 1.807) is 0 Å². The van der Waals surface area contributed by atoms with Crippen molar-refractivity contribution in [2.24, 2.45) is 17.4 Å². The summed E-state index contributed by atoms with van der Waals surface area (Å²) in [7, 11) is 0. The van der Waals surface area contributed by atoms with Gasteiger partial charge >= 0.3 is 0 Å². The SMILES string of the molecule is CCCCCCCCCC(CC)CCCCCC(N)N. The summed E-state index contributed by atoms with van der Waals surface area (Å²) < 4.78 is 0. The van der Waals surface area contributed by atoms with Gasteiger partial charge in [-0.3, -0.25) is 0 Å². The Morgan fingerprint density at radius 2 is 1.05 bits per heavy atom. The van der Waals surface area contributed by atoms with E-state index in [9.17, 15) is 0 Å². The Kier molecular flexibility index (Phi) is 15.3. The van der Waals surface area contributed by atoms with Gasteiger partial charge in [-0.05, 0) is 12.3 Å². The molecule has 0 heterocycles. The zero-order valence-corrected chi connectivity index (χ0v) is 14.2. The molecular formula is C18H40N2.